The molecule has 0 saturated carbocycles. The number of likely N-dealkylation sites (N-methyl/N-ethyl adjacent to an activating group) is 1. The number of benzene rings is 1. The second-order valence-electron chi connectivity index (χ2n) is 6.65. The van der Waals surface area contributed by atoms with Crippen LogP contribution in [0.4, 0.5) is 15.8 Å². The van der Waals surface area contributed by atoms with E-state index >= 15 is 0 Å². The molecule has 10 nitrogen and oxygen atoms in total. The van der Waals surface area contributed by atoms with Crippen molar-refractivity contribution in [3.05, 3.63) is 24.0 Å². The quantitative estimate of drug-likeness (QED) is 0.325. The predicted molar refractivity (Wildman–Crippen MR) is 116 cm³/mol. The van der Waals surface area contributed by atoms with E-state index in [4.69, 9.17) is 21.7 Å². The number of rotatable bonds is 9. The number of nitrogens with zero attached hydrogens (tertiary/aromatic N) is 4. The Labute approximate surface area is 184 Å². The minimum Gasteiger partial charge on any atom is -0.474 e. The largest absolute Gasteiger partial charge is 0.474 e. The lowest BCUT2D eigenvalue weighted by atomic mass is 10.2. The topological polar surface area (TPSA) is 104 Å². The predicted octanol–water partition coefficient (Wildman–Crippen LogP) is 0.505. The minimum atomic E-state index is -0.707. The molecule has 0 radical (unpaired) electrons. The highest BCUT2D eigenvalue weighted by molar-refractivity contribution is 7.80. The number of hydrogen-bond donors (Lipinski definition) is 1. The third-order valence-electron chi connectivity index (χ3n) is 4.49. The third kappa shape index (κ3) is 6.60. The number of halogens is 1. The van der Waals surface area contributed by atoms with Crippen LogP contribution in [0.1, 0.15) is 6.92 Å². The van der Waals surface area contributed by atoms with Gasteiger partial charge in [-0.05, 0) is 30.4 Å². The molecule has 1 N–H and O–H groups in total. The molecule has 0 saturated heterocycles. The number of methoxy groups -OCH3 is 1. The molecule has 0 bridgehead atoms. The summed E-state index contributed by atoms with van der Waals surface area (Å²) in [5, 5.41) is 7.95. The standard InChI is InChI=1S/C19H24FN5O5S/c1-13(27)18(28)25-7-6-24(11-22-25)17-5-4-14(8-16(17)20)23(2)10-15(30-12-26)9-21-19(31)29-3/h4-5,8,11-12,15H,6-7,9-10H2,1-3H3,(H,21,31)/t15-/m0/s1. The molecule has 1 aromatic carbocycles. The van der Waals surface area contributed by atoms with Crippen LogP contribution in [0.25, 0.3) is 0 Å². The number of hydrazone groups is 1. The Morgan fingerprint density at radius 1 is 1.42 bits per heavy atom. The fraction of sp³-hybridized carbons (Fsp3) is 0.421. The summed E-state index contributed by atoms with van der Waals surface area (Å²) in [7, 11) is 3.16. The van der Waals surface area contributed by atoms with Gasteiger partial charge < -0.3 is 24.6 Å². The van der Waals surface area contributed by atoms with Crippen molar-refractivity contribution < 1.29 is 28.2 Å². The minimum absolute atomic E-state index is 0.164. The van der Waals surface area contributed by atoms with Crippen LogP contribution in [0.2, 0.25) is 0 Å². The van der Waals surface area contributed by atoms with E-state index in [2.05, 4.69) is 10.4 Å². The van der Waals surface area contributed by atoms with Gasteiger partial charge in [0.15, 0.2) is 0 Å². The third-order valence-corrected chi connectivity index (χ3v) is 4.80. The smallest absolute Gasteiger partial charge is 0.309 e. The van der Waals surface area contributed by atoms with Crippen LogP contribution in [0.3, 0.4) is 0 Å². The van der Waals surface area contributed by atoms with Crippen LogP contribution in [-0.2, 0) is 23.9 Å². The molecule has 1 aliphatic rings. The van der Waals surface area contributed by atoms with E-state index in [1.165, 1.54) is 26.4 Å². The lowest BCUT2D eigenvalue weighted by Crippen LogP contribution is -2.43. The monoisotopic (exact) mass is 453 g/mol. The Bertz CT molecular complexity index is 868. The molecular formula is C19H24FN5O5S. The van der Waals surface area contributed by atoms with E-state index in [0.717, 1.165) is 5.01 Å². The molecule has 0 fully saturated rings. The normalized spacial score (nSPS) is 13.9. The van der Waals surface area contributed by atoms with Crippen LogP contribution in [0.15, 0.2) is 23.3 Å². The van der Waals surface area contributed by atoms with E-state index in [1.807, 2.05) is 0 Å². The number of amides is 1. The van der Waals surface area contributed by atoms with Gasteiger partial charge in [-0.2, -0.15) is 5.10 Å². The second-order valence-corrected chi connectivity index (χ2v) is 7.02. The Kier molecular flexibility index (Phi) is 8.67. The van der Waals surface area contributed by atoms with E-state index in [9.17, 15) is 18.8 Å². The highest BCUT2D eigenvalue weighted by atomic mass is 32.1. The number of nitrogens with one attached hydrogen (secondary N) is 1. The van der Waals surface area contributed by atoms with Gasteiger partial charge in [0, 0.05) is 26.2 Å². The van der Waals surface area contributed by atoms with E-state index in [-0.39, 0.29) is 37.0 Å². The molecule has 12 heteroatoms. The number of anilines is 2. The summed E-state index contributed by atoms with van der Waals surface area (Å²) < 4.78 is 24.7. The number of Topliss-reactive ketones (excluding diaryl/α,β-unsaturated/α-hetero) is 1. The Hall–Kier alpha value is -3.28. The number of thiocarbonyl (C=S) groups is 1. The molecule has 0 spiro atoms. The van der Waals surface area contributed by atoms with Crippen molar-refractivity contribution in [1.82, 2.24) is 10.3 Å². The van der Waals surface area contributed by atoms with Crippen molar-refractivity contribution in [2.24, 2.45) is 5.10 Å². The van der Waals surface area contributed by atoms with Gasteiger partial charge in [0.05, 0.1) is 32.4 Å². The SMILES string of the molecule is COC(=S)NC[C@@H](CN(C)c1ccc(N2C=NN(C(=O)C(C)=O)CC2)c(F)c1)OC=O. The molecule has 0 aliphatic carbocycles. The summed E-state index contributed by atoms with van der Waals surface area (Å²) in [6.45, 7) is 2.48. The first-order valence-corrected chi connectivity index (χ1v) is 9.72. The van der Waals surface area contributed by atoms with Crippen molar-refractivity contribution in [3.63, 3.8) is 0 Å². The Morgan fingerprint density at radius 3 is 2.71 bits per heavy atom. The van der Waals surface area contributed by atoms with Gasteiger partial charge >= 0.3 is 5.91 Å². The van der Waals surface area contributed by atoms with Crippen LogP contribution >= 0.6 is 12.2 Å². The fourth-order valence-electron chi connectivity index (χ4n) is 2.84. The van der Waals surface area contributed by atoms with E-state index in [0.29, 0.717) is 12.2 Å². The zero-order chi connectivity index (χ0) is 23.0. The summed E-state index contributed by atoms with van der Waals surface area (Å²) in [6.07, 6.45) is 0.766. The highest BCUT2D eigenvalue weighted by Crippen LogP contribution is 2.25. The summed E-state index contributed by atoms with van der Waals surface area (Å²) in [5.74, 6) is -1.81. The first-order valence-electron chi connectivity index (χ1n) is 9.31. The maximum absolute atomic E-state index is 14.8. The van der Waals surface area contributed by atoms with Gasteiger partial charge in [-0.15, -0.1) is 0 Å². The molecule has 1 aromatic rings. The van der Waals surface area contributed by atoms with Crippen molar-refractivity contribution in [1.29, 1.82) is 0 Å². The molecular weight excluding hydrogens is 429 g/mol. The summed E-state index contributed by atoms with van der Waals surface area (Å²) in [6, 6.07) is 4.65. The highest BCUT2D eigenvalue weighted by Gasteiger charge is 2.23. The molecule has 2 rings (SSSR count). The number of ether oxygens (including phenoxy) is 2. The van der Waals surface area contributed by atoms with Crippen LogP contribution in [0, 0.1) is 5.82 Å². The second kappa shape index (κ2) is 11.2. The maximum Gasteiger partial charge on any atom is 0.309 e. The number of ketones is 1. The first kappa shape index (κ1) is 24.0. The molecule has 1 aliphatic heterocycles. The van der Waals surface area contributed by atoms with Crippen LogP contribution in [-0.4, -0.2) is 81.1 Å². The van der Waals surface area contributed by atoms with Crippen LogP contribution < -0.4 is 15.1 Å². The van der Waals surface area contributed by atoms with Gasteiger partial charge in [0.1, 0.15) is 18.3 Å². The summed E-state index contributed by atoms with van der Waals surface area (Å²) >= 11 is 4.90. The Balaban J connectivity index is 2.05. The van der Waals surface area contributed by atoms with Gasteiger partial charge in [0.25, 0.3) is 11.6 Å². The molecule has 31 heavy (non-hydrogen) atoms. The zero-order valence-corrected chi connectivity index (χ0v) is 18.2. The maximum atomic E-state index is 14.8. The van der Waals surface area contributed by atoms with Crippen molar-refractivity contribution in [2.45, 2.75) is 13.0 Å². The molecule has 168 valence electrons. The fourth-order valence-corrected chi connectivity index (χ4v) is 2.92. The molecule has 0 unspecified atom stereocenters. The average Bonchev–Trinajstić information content (AvgIpc) is 2.76. The average molecular weight is 453 g/mol. The molecule has 0 aromatic heterocycles. The molecule has 1 heterocycles. The number of carbonyl (C=O) groups is 3. The number of hydrogen-bond acceptors (Lipinski definition) is 9. The zero-order valence-electron chi connectivity index (χ0n) is 17.4. The van der Waals surface area contributed by atoms with Gasteiger partial charge in [-0.1, -0.05) is 0 Å². The lowest BCUT2D eigenvalue weighted by Gasteiger charge is -2.29. The van der Waals surface area contributed by atoms with Crippen molar-refractivity contribution >= 4 is 53.3 Å². The summed E-state index contributed by atoms with van der Waals surface area (Å²) in [5.41, 5.74) is 0.848. The van der Waals surface area contributed by atoms with Gasteiger partial charge in [-0.25, -0.2) is 9.40 Å². The van der Waals surface area contributed by atoms with Crippen molar-refractivity contribution in [3.8, 4) is 0 Å². The van der Waals surface area contributed by atoms with Crippen LogP contribution in [0.5, 0.6) is 0 Å². The number of carbonyl (C=O) groups excluding carboxylic acids is 3. The molecule has 1 amide bonds. The lowest BCUT2D eigenvalue weighted by molar-refractivity contribution is -0.143. The Morgan fingerprint density at radius 2 is 2.16 bits per heavy atom. The first-order chi connectivity index (χ1) is 14.8. The van der Waals surface area contributed by atoms with Gasteiger partial charge in [-0.3, -0.25) is 14.4 Å². The molecule has 1 atom stereocenters. The van der Waals surface area contributed by atoms with Crippen molar-refractivity contribution in [2.75, 3.05) is 50.1 Å². The van der Waals surface area contributed by atoms with Gasteiger partial charge in [0.2, 0.25) is 5.78 Å². The van der Waals surface area contributed by atoms with E-state index in [1.54, 1.807) is 29.0 Å². The van der Waals surface area contributed by atoms with E-state index < -0.39 is 23.6 Å². The summed E-state index contributed by atoms with van der Waals surface area (Å²) in [4.78, 5) is 36.9.